The Morgan fingerprint density at radius 3 is 2.64 bits per heavy atom. The van der Waals surface area contributed by atoms with Gasteiger partial charge in [0.05, 0.1) is 25.1 Å². The summed E-state index contributed by atoms with van der Waals surface area (Å²) in [6, 6.07) is 3.52. The average molecular weight is 494 g/mol. The molecule has 1 saturated heterocycles. The van der Waals surface area contributed by atoms with Crippen LogP contribution >= 0.6 is 0 Å². The van der Waals surface area contributed by atoms with Gasteiger partial charge in [0.25, 0.3) is 0 Å². The Labute approximate surface area is 209 Å². The number of aromatic amines is 1. The van der Waals surface area contributed by atoms with Gasteiger partial charge in [-0.05, 0) is 55.5 Å². The molecule has 0 aromatic carbocycles. The molecule has 190 valence electrons. The van der Waals surface area contributed by atoms with Crippen LogP contribution in [0, 0.1) is 5.82 Å². The molecule has 0 aliphatic carbocycles. The maximum Gasteiger partial charge on any atom is 0.197 e. The highest BCUT2D eigenvalue weighted by molar-refractivity contribution is 5.75. The van der Waals surface area contributed by atoms with Crippen molar-refractivity contribution in [3.8, 4) is 28.4 Å². The van der Waals surface area contributed by atoms with Crippen LogP contribution in [0.5, 0.6) is 5.75 Å². The molecular weight excluding hydrogens is 461 g/mol. The number of nitrogens with one attached hydrogen (secondary N) is 1. The van der Waals surface area contributed by atoms with E-state index in [0.29, 0.717) is 28.7 Å². The standard InChI is InChI=1S/C26H32FN7O2/c1-16(2)22-23(19-12-21(36-4)26-29-15-30-34(26)14-19)31-32-25(22)24-20(27)11-18(13-28-24)17-5-7-33(8-6-17)9-10-35-3/h11-17H,5-10H2,1-4H3,(H,31,32). The third-order valence-corrected chi connectivity index (χ3v) is 6.99. The van der Waals surface area contributed by atoms with Gasteiger partial charge in [-0.15, -0.1) is 0 Å². The van der Waals surface area contributed by atoms with Crippen molar-refractivity contribution in [2.45, 2.75) is 38.5 Å². The molecule has 5 rings (SSSR count). The summed E-state index contributed by atoms with van der Waals surface area (Å²) in [6.45, 7) is 7.76. The van der Waals surface area contributed by atoms with Crippen molar-refractivity contribution < 1.29 is 13.9 Å². The predicted molar refractivity (Wildman–Crippen MR) is 135 cm³/mol. The molecule has 1 N–H and O–H groups in total. The van der Waals surface area contributed by atoms with Gasteiger partial charge in [-0.1, -0.05) is 13.8 Å². The van der Waals surface area contributed by atoms with E-state index >= 15 is 4.39 Å². The molecule has 10 heteroatoms. The molecule has 1 fully saturated rings. The second kappa shape index (κ2) is 10.3. The first-order valence-corrected chi connectivity index (χ1v) is 12.3. The Bertz CT molecular complexity index is 1340. The summed E-state index contributed by atoms with van der Waals surface area (Å²) in [6.07, 6.45) is 7.13. The summed E-state index contributed by atoms with van der Waals surface area (Å²) in [4.78, 5) is 11.2. The van der Waals surface area contributed by atoms with E-state index in [-0.39, 0.29) is 17.4 Å². The third-order valence-electron chi connectivity index (χ3n) is 6.99. The number of halogens is 1. The van der Waals surface area contributed by atoms with E-state index in [4.69, 9.17) is 9.47 Å². The molecular formula is C26H32FN7O2. The van der Waals surface area contributed by atoms with Crippen LogP contribution < -0.4 is 4.74 Å². The van der Waals surface area contributed by atoms with Crippen LogP contribution in [0.2, 0.25) is 0 Å². The minimum absolute atomic E-state index is 0.0727. The lowest BCUT2D eigenvalue weighted by molar-refractivity contribution is 0.130. The molecule has 0 spiro atoms. The van der Waals surface area contributed by atoms with Gasteiger partial charge in [-0.2, -0.15) is 10.2 Å². The summed E-state index contributed by atoms with van der Waals surface area (Å²) in [5.41, 5.74) is 4.86. The highest BCUT2D eigenvalue weighted by atomic mass is 19.1. The first-order chi connectivity index (χ1) is 17.5. The summed E-state index contributed by atoms with van der Waals surface area (Å²) in [5.74, 6) is 0.633. The first-order valence-electron chi connectivity index (χ1n) is 12.3. The van der Waals surface area contributed by atoms with Gasteiger partial charge in [0.2, 0.25) is 0 Å². The normalized spacial score (nSPS) is 15.3. The van der Waals surface area contributed by atoms with Crippen molar-refractivity contribution >= 4 is 5.65 Å². The number of methoxy groups -OCH3 is 2. The number of hydrogen-bond donors (Lipinski definition) is 1. The van der Waals surface area contributed by atoms with E-state index in [9.17, 15) is 0 Å². The van der Waals surface area contributed by atoms with E-state index in [0.717, 1.165) is 55.8 Å². The van der Waals surface area contributed by atoms with Crippen LogP contribution in [0.15, 0.2) is 30.9 Å². The van der Waals surface area contributed by atoms with Gasteiger partial charge in [0.1, 0.15) is 12.0 Å². The molecule has 1 aliphatic rings. The van der Waals surface area contributed by atoms with Crippen LogP contribution in [-0.2, 0) is 4.74 Å². The number of likely N-dealkylation sites (tertiary alicyclic amines) is 1. The molecule has 9 nitrogen and oxygen atoms in total. The zero-order valence-electron chi connectivity index (χ0n) is 21.2. The van der Waals surface area contributed by atoms with Crippen LogP contribution in [0.25, 0.3) is 28.3 Å². The highest BCUT2D eigenvalue weighted by Crippen LogP contribution is 2.38. The number of fused-ring (bicyclic) bond motifs is 1. The van der Waals surface area contributed by atoms with Crippen LogP contribution in [0.3, 0.4) is 0 Å². The molecule has 4 aromatic heterocycles. The number of aromatic nitrogens is 6. The number of ether oxygens (including phenoxy) is 2. The van der Waals surface area contributed by atoms with Crippen molar-refractivity contribution in [2.24, 2.45) is 0 Å². The van der Waals surface area contributed by atoms with E-state index in [1.165, 1.54) is 6.33 Å². The Hall–Kier alpha value is -3.37. The number of nitrogens with zero attached hydrogens (tertiary/aromatic N) is 6. The zero-order chi connectivity index (χ0) is 25.2. The van der Waals surface area contributed by atoms with E-state index in [1.807, 2.05) is 18.5 Å². The molecule has 36 heavy (non-hydrogen) atoms. The van der Waals surface area contributed by atoms with Crippen molar-refractivity contribution in [1.82, 2.24) is 34.7 Å². The lowest BCUT2D eigenvalue weighted by Gasteiger charge is -2.31. The molecule has 1 aliphatic heterocycles. The topological polar surface area (TPSA) is 93.5 Å². The fourth-order valence-corrected chi connectivity index (χ4v) is 5.06. The van der Waals surface area contributed by atoms with Crippen molar-refractivity contribution in [3.63, 3.8) is 0 Å². The van der Waals surface area contributed by atoms with E-state index in [2.05, 4.69) is 44.0 Å². The second-order valence-electron chi connectivity index (χ2n) is 9.55. The molecule has 0 bridgehead atoms. The van der Waals surface area contributed by atoms with E-state index in [1.54, 1.807) is 24.8 Å². The maximum absolute atomic E-state index is 15.5. The van der Waals surface area contributed by atoms with Crippen LogP contribution in [0.4, 0.5) is 4.39 Å². The van der Waals surface area contributed by atoms with Crippen LogP contribution in [-0.4, -0.2) is 75.1 Å². The van der Waals surface area contributed by atoms with Crippen molar-refractivity contribution in [3.05, 3.63) is 47.8 Å². The molecule has 0 saturated carbocycles. The highest BCUT2D eigenvalue weighted by Gasteiger charge is 2.25. The van der Waals surface area contributed by atoms with Crippen LogP contribution in [0.1, 0.15) is 49.7 Å². The number of hydrogen-bond acceptors (Lipinski definition) is 7. The quantitative estimate of drug-likeness (QED) is 0.392. The number of pyridine rings is 2. The van der Waals surface area contributed by atoms with Gasteiger partial charge in [0.15, 0.2) is 17.2 Å². The SMILES string of the molecule is COCCN1CCC(c2cnc(-c3[nH]nc(-c4cc(OC)c5ncnn5c4)c3C(C)C)c(F)c2)CC1. The molecule has 0 atom stereocenters. The largest absolute Gasteiger partial charge is 0.493 e. The van der Waals surface area contributed by atoms with E-state index < -0.39 is 0 Å². The lowest BCUT2D eigenvalue weighted by Crippen LogP contribution is -2.35. The summed E-state index contributed by atoms with van der Waals surface area (Å²) >= 11 is 0. The molecule has 5 heterocycles. The van der Waals surface area contributed by atoms with Gasteiger partial charge in [0, 0.05) is 37.2 Å². The van der Waals surface area contributed by atoms with Gasteiger partial charge < -0.3 is 14.4 Å². The number of piperidine rings is 1. The Balaban J connectivity index is 1.45. The molecule has 0 amide bonds. The Morgan fingerprint density at radius 2 is 1.94 bits per heavy atom. The first kappa shape index (κ1) is 24.3. The smallest absolute Gasteiger partial charge is 0.197 e. The second-order valence-corrected chi connectivity index (χ2v) is 9.55. The molecule has 0 radical (unpaired) electrons. The summed E-state index contributed by atoms with van der Waals surface area (Å²) in [7, 11) is 3.32. The maximum atomic E-state index is 15.5. The van der Waals surface area contributed by atoms with Gasteiger partial charge >= 0.3 is 0 Å². The van der Waals surface area contributed by atoms with Gasteiger partial charge in [-0.3, -0.25) is 10.1 Å². The van der Waals surface area contributed by atoms with Gasteiger partial charge in [-0.25, -0.2) is 13.9 Å². The summed E-state index contributed by atoms with van der Waals surface area (Å²) < 4.78 is 27.8. The minimum Gasteiger partial charge on any atom is -0.493 e. The van der Waals surface area contributed by atoms with Crippen molar-refractivity contribution in [2.75, 3.05) is 40.5 Å². The summed E-state index contributed by atoms with van der Waals surface area (Å²) in [5, 5.41) is 11.9. The third kappa shape index (κ3) is 4.58. The monoisotopic (exact) mass is 493 g/mol. The predicted octanol–water partition coefficient (Wildman–Crippen LogP) is 4.28. The number of H-pyrrole nitrogens is 1. The lowest BCUT2D eigenvalue weighted by atomic mass is 9.90. The fraction of sp³-hybridized carbons (Fsp3) is 0.462. The number of rotatable bonds is 8. The molecule has 4 aromatic rings. The Morgan fingerprint density at radius 1 is 1.14 bits per heavy atom. The average Bonchev–Trinajstić information content (AvgIpc) is 3.54. The minimum atomic E-state index is -0.337. The molecule has 0 unspecified atom stereocenters. The van der Waals surface area contributed by atoms with Crippen molar-refractivity contribution in [1.29, 1.82) is 0 Å². The fourth-order valence-electron chi connectivity index (χ4n) is 5.06. The zero-order valence-corrected chi connectivity index (χ0v) is 21.2. The Kier molecular flexibility index (Phi) is 6.97.